The van der Waals surface area contributed by atoms with Crippen LogP contribution in [0.15, 0.2) is 42.7 Å². The molecular weight excluding hydrogens is 636 g/mol. The zero-order valence-electron chi connectivity index (χ0n) is 30.9. The molecule has 11 nitrogen and oxygen atoms in total. The van der Waals surface area contributed by atoms with Gasteiger partial charge in [-0.05, 0) is 108 Å². The zero-order chi connectivity index (χ0) is 36.6. The number of hydrogen-bond acceptors (Lipinski definition) is 8. The summed E-state index contributed by atoms with van der Waals surface area (Å²) in [4.78, 5) is 60.6. The van der Waals surface area contributed by atoms with Crippen LogP contribution in [0.25, 0.3) is 0 Å². The molecule has 3 heterocycles. The summed E-state index contributed by atoms with van der Waals surface area (Å²) in [6.07, 6.45) is 7.27. The molecule has 1 unspecified atom stereocenters. The molecule has 11 heteroatoms. The Balaban J connectivity index is 1.37. The van der Waals surface area contributed by atoms with Gasteiger partial charge in [0.2, 0.25) is 11.8 Å². The molecule has 0 aliphatic carbocycles. The van der Waals surface area contributed by atoms with E-state index < -0.39 is 29.1 Å². The van der Waals surface area contributed by atoms with Crippen molar-refractivity contribution in [2.24, 2.45) is 11.8 Å². The Morgan fingerprint density at radius 1 is 0.880 bits per heavy atom. The third kappa shape index (κ3) is 11.7. The average Bonchev–Trinajstić information content (AvgIpc) is 3.05. The topological polar surface area (TPSA) is 138 Å². The van der Waals surface area contributed by atoms with E-state index in [1.54, 1.807) is 55.1 Å². The van der Waals surface area contributed by atoms with E-state index in [1.807, 2.05) is 45.9 Å². The minimum atomic E-state index is -0.682. The number of likely N-dealkylation sites (tertiary alicyclic amines) is 2. The highest BCUT2D eigenvalue weighted by atomic mass is 16.6. The van der Waals surface area contributed by atoms with Crippen LogP contribution in [-0.4, -0.2) is 81.1 Å². The van der Waals surface area contributed by atoms with Crippen molar-refractivity contribution in [3.8, 4) is 5.75 Å². The molecule has 1 aromatic heterocycles. The quantitative estimate of drug-likeness (QED) is 0.270. The summed E-state index contributed by atoms with van der Waals surface area (Å²) in [5.74, 6) is -0.499. The standard InChI is InChI=1S/C39H56N4O7/c1-26(28-11-13-32(44)14-12-28)30-21-31(24-40-23-30)33(22-35(46)49-38(2,3)4)41-36(47)29-9-8-18-43(25-29)34(45)15-10-27-16-19-42(20-17-27)37(48)50-39(5,6)7/h11-14,21,23-24,26-27,29,33,44H,8-10,15-20,22,25H2,1-7H3,(H,41,47)/t26?,29-,33+/m1/s1. The molecule has 4 rings (SSSR count). The Kier molecular flexibility index (Phi) is 12.9. The zero-order valence-corrected chi connectivity index (χ0v) is 30.9. The second-order valence-corrected chi connectivity index (χ2v) is 15.8. The molecule has 50 heavy (non-hydrogen) atoms. The first kappa shape index (κ1) is 38.6. The van der Waals surface area contributed by atoms with Gasteiger partial charge in [0.05, 0.1) is 18.4 Å². The number of aromatic nitrogens is 1. The molecule has 2 saturated heterocycles. The summed E-state index contributed by atoms with van der Waals surface area (Å²) < 4.78 is 11.1. The maximum Gasteiger partial charge on any atom is 0.410 e. The lowest BCUT2D eigenvalue weighted by Crippen LogP contribution is -2.46. The molecule has 3 atom stereocenters. The fourth-order valence-corrected chi connectivity index (χ4v) is 6.58. The van der Waals surface area contributed by atoms with Gasteiger partial charge in [0.1, 0.15) is 17.0 Å². The van der Waals surface area contributed by atoms with E-state index in [2.05, 4.69) is 10.3 Å². The fraction of sp³-hybridized carbons (Fsp3) is 0.615. The number of carbonyl (C=O) groups is 4. The summed E-state index contributed by atoms with van der Waals surface area (Å²) >= 11 is 0. The molecule has 0 spiro atoms. The molecule has 2 aliphatic rings. The van der Waals surface area contributed by atoms with Crippen LogP contribution < -0.4 is 5.32 Å². The minimum absolute atomic E-state index is 0.0440. The van der Waals surface area contributed by atoms with Gasteiger partial charge in [-0.1, -0.05) is 25.1 Å². The van der Waals surface area contributed by atoms with Gasteiger partial charge in [-0.3, -0.25) is 19.4 Å². The molecule has 274 valence electrons. The van der Waals surface area contributed by atoms with Crippen LogP contribution in [0.4, 0.5) is 4.79 Å². The first-order valence-electron chi connectivity index (χ1n) is 18.0. The number of rotatable bonds is 10. The first-order chi connectivity index (χ1) is 23.5. The van der Waals surface area contributed by atoms with E-state index in [-0.39, 0.29) is 36.0 Å². The summed E-state index contributed by atoms with van der Waals surface area (Å²) in [5, 5.41) is 12.8. The Morgan fingerprint density at radius 2 is 1.52 bits per heavy atom. The van der Waals surface area contributed by atoms with Crippen molar-refractivity contribution < 1.29 is 33.8 Å². The molecule has 0 radical (unpaired) electrons. The second kappa shape index (κ2) is 16.7. The molecule has 2 aliphatic heterocycles. The highest BCUT2D eigenvalue weighted by Crippen LogP contribution is 2.30. The van der Waals surface area contributed by atoms with E-state index in [4.69, 9.17) is 9.47 Å². The molecule has 2 fully saturated rings. The minimum Gasteiger partial charge on any atom is -0.508 e. The summed E-state index contributed by atoms with van der Waals surface area (Å²) in [7, 11) is 0. The number of aromatic hydroxyl groups is 1. The van der Waals surface area contributed by atoms with Crippen LogP contribution >= 0.6 is 0 Å². The lowest BCUT2D eigenvalue weighted by Gasteiger charge is -2.35. The Labute approximate surface area is 297 Å². The normalized spacial score (nSPS) is 18.6. The number of carbonyl (C=O) groups excluding carboxylic acids is 4. The van der Waals surface area contributed by atoms with Crippen molar-refractivity contribution in [1.82, 2.24) is 20.1 Å². The maximum atomic E-state index is 13.8. The monoisotopic (exact) mass is 692 g/mol. The SMILES string of the molecule is CC(c1ccc(O)cc1)c1cncc([C@H](CC(=O)OC(C)(C)C)NC(=O)[C@@H]2CCCN(C(=O)CCC3CCN(C(=O)OC(C)(C)C)CC3)C2)c1. The Bertz CT molecular complexity index is 1470. The van der Waals surface area contributed by atoms with Gasteiger partial charge in [-0.2, -0.15) is 0 Å². The highest BCUT2D eigenvalue weighted by molar-refractivity contribution is 5.82. The lowest BCUT2D eigenvalue weighted by molar-refractivity contribution is -0.155. The van der Waals surface area contributed by atoms with E-state index in [9.17, 15) is 24.3 Å². The van der Waals surface area contributed by atoms with Gasteiger partial charge in [0, 0.05) is 50.9 Å². The highest BCUT2D eigenvalue weighted by Gasteiger charge is 2.32. The fourth-order valence-electron chi connectivity index (χ4n) is 6.58. The number of esters is 1. The number of nitrogens with one attached hydrogen (secondary N) is 1. The first-order valence-corrected chi connectivity index (χ1v) is 18.0. The summed E-state index contributed by atoms with van der Waals surface area (Å²) in [6.45, 7) is 15.2. The number of pyridine rings is 1. The van der Waals surface area contributed by atoms with Crippen molar-refractivity contribution in [3.63, 3.8) is 0 Å². The van der Waals surface area contributed by atoms with Crippen LogP contribution in [0, 0.1) is 11.8 Å². The van der Waals surface area contributed by atoms with Crippen molar-refractivity contribution in [1.29, 1.82) is 0 Å². The number of phenolic OH excluding ortho intramolecular Hbond substituents is 1. The van der Waals surface area contributed by atoms with Crippen molar-refractivity contribution in [2.75, 3.05) is 26.2 Å². The van der Waals surface area contributed by atoms with Gasteiger partial charge < -0.3 is 29.7 Å². The molecule has 2 N–H and O–H groups in total. The van der Waals surface area contributed by atoms with Gasteiger partial charge in [-0.25, -0.2) is 4.79 Å². The molecular formula is C39H56N4O7. The van der Waals surface area contributed by atoms with Crippen LogP contribution in [0.5, 0.6) is 5.75 Å². The van der Waals surface area contributed by atoms with Gasteiger partial charge in [-0.15, -0.1) is 0 Å². The molecule has 0 bridgehead atoms. The van der Waals surface area contributed by atoms with Crippen molar-refractivity contribution in [2.45, 2.75) is 117 Å². The molecule has 0 saturated carbocycles. The number of phenols is 1. The van der Waals surface area contributed by atoms with Crippen LogP contribution in [0.1, 0.15) is 122 Å². The van der Waals surface area contributed by atoms with Gasteiger partial charge in [0.15, 0.2) is 0 Å². The maximum absolute atomic E-state index is 13.8. The van der Waals surface area contributed by atoms with E-state index in [0.717, 1.165) is 36.8 Å². The largest absolute Gasteiger partial charge is 0.508 e. The van der Waals surface area contributed by atoms with Crippen molar-refractivity contribution >= 4 is 23.9 Å². The predicted octanol–water partition coefficient (Wildman–Crippen LogP) is 6.49. The van der Waals surface area contributed by atoms with E-state index >= 15 is 0 Å². The van der Waals surface area contributed by atoms with Gasteiger partial charge >= 0.3 is 12.1 Å². The molecule has 2 aromatic rings. The third-order valence-electron chi connectivity index (χ3n) is 9.36. The van der Waals surface area contributed by atoms with Crippen LogP contribution in [0.2, 0.25) is 0 Å². The average molecular weight is 693 g/mol. The molecule has 3 amide bonds. The van der Waals surface area contributed by atoms with Gasteiger partial charge in [0.25, 0.3) is 0 Å². The smallest absolute Gasteiger partial charge is 0.410 e. The lowest BCUT2D eigenvalue weighted by atomic mass is 9.91. The number of hydrogen-bond donors (Lipinski definition) is 2. The summed E-state index contributed by atoms with van der Waals surface area (Å²) in [6, 6.07) is 8.29. The summed E-state index contributed by atoms with van der Waals surface area (Å²) in [5.41, 5.74) is 1.38. The number of nitrogens with zero attached hydrogens (tertiary/aromatic N) is 3. The number of ether oxygens (including phenoxy) is 2. The van der Waals surface area contributed by atoms with Crippen LogP contribution in [-0.2, 0) is 23.9 Å². The predicted molar refractivity (Wildman–Crippen MR) is 190 cm³/mol. The van der Waals surface area contributed by atoms with Crippen molar-refractivity contribution in [3.05, 3.63) is 59.4 Å². The Morgan fingerprint density at radius 3 is 2.16 bits per heavy atom. The second-order valence-electron chi connectivity index (χ2n) is 15.8. The Hall–Kier alpha value is -4.15. The number of amides is 3. The van der Waals surface area contributed by atoms with E-state index in [0.29, 0.717) is 50.5 Å². The number of piperidine rings is 2. The molecule has 1 aromatic carbocycles. The number of benzene rings is 1. The third-order valence-corrected chi connectivity index (χ3v) is 9.36. The van der Waals surface area contributed by atoms with Crippen LogP contribution in [0.3, 0.4) is 0 Å². The van der Waals surface area contributed by atoms with E-state index in [1.165, 1.54) is 0 Å².